The van der Waals surface area contributed by atoms with Crippen LogP contribution in [-0.2, 0) is 6.18 Å². The highest BCUT2D eigenvalue weighted by Crippen LogP contribution is 2.30. The van der Waals surface area contributed by atoms with Crippen molar-refractivity contribution in [2.75, 3.05) is 0 Å². The van der Waals surface area contributed by atoms with Gasteiger partial charge in [-0.15, -0.1) is 0 Å². The van der Waals surface area contributed by atoms with Gasteiger partial charge < -0.3 is 0 Å². The van der Waals surface area contributed by atoms with Gasteiger partial charge in [0.15, 0.2) is 0 Å². The minimum Gasteiger partial charge on any atom is -0.267 e. The number of hydrogen-bond donors (Lipinski definition) is 1. The monoisotopic (exact) mass is 310 g/mol. The predicted octanol–water partition coefficient (Wildman–Crippen LogP) is 3.61. The Balaban J connectivity index is 2.14. The van der Waals surface area contributed by atoms with Crippen LogP contribution in [-0.4, -0.2) is 12.1 Å². The first kappa shape index (κ1) is 15.7. The molecule has 22 heavy (non-hydrogen) atoms. The van der Waals surface area contributed by atoms with E-state index in [0.29, 0.717) is 0 Å². The summed E-state index contributed by atoms with van der Waals surface area (Å²) in [6.45, 7) is 0. The van der Waals surface area contributed by atoms with E-state index in [4.69, 9.17) is 0 Å². The highest BCUT2D eigenvalue weighted by Gasteiger charge is 2.32. The fourth-order valence-corrected chi connectivity index (χ4v) is 1.73. The van der Waals surface area contributed by atoms with Gasteiger partial charge in [-0.3, -0.25) is 4.79 Å². The van der Waals surface area contributed by atoms with Gasteiger partial charge in [-0.2, -0.15) is 18.3 Å². The van der Waals surface area contributed by atoms with Crippen LogP contribution in [0.1, 0.15) is 21.5 Å². The summed E-state index contributed by atoms with van der Waals surface area (Å²) in [4.78, 5) is 11.7. The number of halogens is 4. The van der Waals surface area contributed by atoms with Crippen molar-refractivity contribution in [3.05, 3.63) is 71.0 Å². The summed E-state index contributed by atoms with van der Waals surface area (Å²) in [5.41, 5.74) is 0.663. The summed E-state index contributed by atoms with van der Waals surface area (Å²) >= 11 is 0. The number of nitrogens with one attached hydrogen (secondary N) is 1. The minimum atomic E-state index is -4.53. The summed E-state index contributed by atoms with van der Waals surface area (Å²) in [6.07, 6.45) is -3.67. The molecule has 3 nitrogen and oxygen atoms in total. The number of alkyl halides is 3. The van der Waals surface area contributed by atoms with Crippen LogP contribution < -0.4 is 5.43 Å². The smallest absolute Gasteiger partial charge is 0.267 e. The van der Waals surface area contributed by atoms with Gasteiger partial charge in [0, 0.05) is 5.56 Å². The van der Waals surface area contributed by atoms with Crippen molar-refractivity contribution in [2.45, 2.75) is 6.18 Å². The molecule has 2 rings (SSSR count). The lowest BCUT2D eigenvalue weighted by atomic mass is 10.1. The molecule has 0 fully saturated rings. The standard InChI is InChI=1S/C15H10F4N2O/c16-13-8-4-2-6-11(13)14(22)21-20-9-10-5-1-3-7-12(10)15(17,18)19/h1-9H,(H,21,22). The van der Waals surface area contributed by atoms with Crippen LogP contribution in [0.3, 0.4) is 0 Å². The maximum absolute atomic E-state index is 13.3. The number of amides is 1. The Labute approximate surface area is 123 Å². The Bertz CT molecular complexity index is 711. The quantitative estimate of drug-likeness (QED) is 0.525. The predicted molar refractivity (Wildman–Crippen MR) is 72.9 cm³/mol. The van der Waals surface area contributed by atoms with Gasteiger partial charge in [0.2, 0.25) is 0 Å². The molecule has 0 atom stereocenters. The Morgan fingerprint density at radius 1 is 1.05 bits per heavy atom. The molecule has 0 heterocycles. The molecule has 0 spiro atoms. The van der Waals surface area contributed by atoms with E-state index in [0.717, 1.165) is 18.3 Å². The van der Waals surface area contributed by atoms with E-state index in [2.05, 4.69) is 5.10 Å². The van der Waals surface area contributed by atoms with Crippen LogP contribution in [0.5, 0.6) is 0 Å². The third kappa shape index (κ3) is 3.69. The third-order valence-electron chi connectivity index (χ3n) is 2.75. The second kappa shape index (κ2) is 6.38. The zero-order valence-corrected chi connectivity index (χ0v) is 11.1. The van der Waals surface area contributed by atoms with E-state index in [1.165, 1.54) is 36.4 Å². The molecule has 1 N–H and O–H groups in total. The molecule has 0 bridgehead atoms. The molecular weight excluding hydrogens is 300 g/mol. The average molecular weight is 310 g/mol. The molecule has 0 saturated carbocycles. The van der Waals surface area contributed by atoms with Crippen molar-refractivity contribution in [1.29, 1.82) is 0 Å². The van der Waals surface area contributed by atoms with E-state index < -0.39 is 23.5 Å². The Hall–Kier alpha value is -2.70. The van der Waals surface area contributed by atoms with Gasteiger partial charge in [-0.25, -0.2) is 9.82 Å². The van der Waals surface area contributed by atoms with E-state index in [-0.39, 0.29) is 11.1 Å². The van der Waals surface area contributed by atoms with Crippen LogP contribution >= 0.6 is 0 Å². The van der Waals surface area contributed by atoms with Crippen molar-refractivity contribution in [2.24, 2.45) is 5.10 Å². The number of carbonyl (C=O) groups is 1. The first-order chi connectivity index (χ1) is 10.4. The number of benzene rings is 2. The normalized spacial score (nSPS) is 11.6. The number of rotatable bonds is 3. The van der Waals surface area contributed by atoms with Crippen LogP contribution in [0.4, 0.5) is 17.6 Å². The molecule has 0 unspecified atom stereocenters. The summed E-state index contributed by atoms with van der Waals surface area (Å²) in [5, 5.41) is 3.44. The molecule has 2 aromatic carbocycles. The fraction of sp³-hybridized carbons (Fsp3) is 0.0667. The molecule has 1 amide bonds. The molecule has 0 aromatic heterocycles. The van der Waals surface area contributed by atoms with Crippen molar-refractivity contribution in [3.63, 3.8) is 0 Å². The van der Waals surface area contributed by atoms with Crippen LogP contribution in [0.25, 0.3) is 0 Å². The fourth-order valence-electron chi connectivity index (χ4n) is 1.73. The lowest BCUT2D eigenvalue weighted by molar-refractivity contribution is -0.137. The molecule has 2 aromatic rings. The van der Waals surface area contributed by atoms with Crippen molar-refractivity contribution >= 4 is 12.1 Å². The average Bonchev–Trinajstić information content (AvgIpc) is 2.47. The zero-order chi connectivity index (χ0) is 16.2. The summed E-state index contributed by atoms with van der Waals surface area (Å²) in [6, 6.07) is 9.98. The second-order valence-electron chi connectivity index (χ2n) is 4.26. The lowest BCUT2D eigenvalue weighted by Crippen LogP contribution is -2.19. The Morgan fingerprint density at radius 2 is 1.68 bits per heavy atom. The third-order valence-corrected chi connectivity index (χ3v) is 2.75. The van der Waals surface area contributed by atoms with Crippen molar-refractivity contribution in [1.82, 2.24) is 5.43 Å². The van der Waals surface area contributed by atoms with E-state index in [9.17, 15) is 22.4 Å². The topological polar surface area (TPSA) is 41.5 Å². The molecule has 0 saturated heterocycles. The summed E-state index contributed by atoms with van der Waals surface area (Å²) < 4.78 is 51.6. The molecule has 0 radical (unpaired) electrons. The number of carbonyl (C=O) groups excluding carboxylic acids is 1. The molecule has 7 heteroatoms. The van der Waals surface area contributed by atoms with Crippen LogP contribution in [0, 0.1) is 5.82 Å². The number of hydrazone groups is 1. The maximum Gasteiger partial charge on any atom is 0.417 e. The molecular formula is C15H10F4N2O. The SMILES string of the molecule is O=C(NN=Cc1ccccc1C(F)(F)F)c1ccccc1F. The van der Waals surface area contributed by atoms with Gasteiger partial charge in [-0.1, -0.05) is 30.3 Å². The largest absolute Gasteiger partial charge is 0.417 e. The van der Waals surface area contributed by atoms with E-state index >= 15 is 0 Å². The minimum absolute atomic E-state index is 0.205. The van der Waals surface area contributed by atoms with Gasteiger partial charge in [0.05, 0.1) is 17.3 Å². The van der Waals surface area contributed by atoms with Crippen LogP contribution in [0.15, 0.2) is 53.6 Å². The molecule has 0 aliphatic rings. The lowest BCUT2D eigenvalue weighted by Gasteiger charge is -2.09. The highest BCUT2D eigenvalue weighted by atomic mass is 19.4. The summed E-state index contributed by atoms with van der Waals surface area (Å²) in [7, 11) is 0. The maximum atomic E-state index is 13.3. The molecule has 0 aliphatic heterocycles. The first-order valence-corrected chi connectivity index (χ1v) is 6.14. The number of hydrogen-bond acceptors (Lipinski definition) is 2. The van der Waals surface area contributed by atoms with Gasteiger partial charge in [0.25, 0.3) is 5.91 Å². The van der Waals surface area contributed by atoms with Gasteiger partial charge >= 0.3 is 6.18 Å². The van der Waals surface area contributed by atoms with E-state index in [1.807, 2.05) is 5.43 Å². The Kier molecular flexibility index (Phi) is 4.55. The summed E-state index contributed by atoms with van der Waals surface area (Å²) in [5.74, 6) is -1.59. The van der Waals surface area contributed by atoms with Crippen molar-refractivity contribution in [3.8, 4) is 0 Å². The molecule has 0 aliphatic carbocycles. The zero-order valence-electron chi connectivity index (χ0n) is 11.1. The molecule has 114 valence electrons. The number of nitrogens with zero attached hydrogens (tertiary/aromatic N) is 1. The first-order valence-electron chi connectivity index (χ1n) is 6.14. The highest BCUT2D eigenvalue weighted by molar-refractivity contribution is 5.95. The van der Waals surface area contributed by atoms with Gasteiger partial charge in [-0.05, 0) is 18.2 Å². The second-order valence-corrected chi connectivity index (χ2v) is 4.26. The van der Waals surface area contributed by atoms with Gasteiger partial charge in [0.1, 0.15) is 5.82 Å². The Morgan fingerprint density at radius 3 is 2.36 bits per heavy atom. The van der Waals surface area contributed by atoms with E-state index in [1.54, 1.807) is 0 Å². The van der Waals surface area contributed by atoms with Crippen LogP contribution in [0.2, 0.25) is 0 Å². The van der Waals surface area contributed by atoms with Crippen molar-refractivity contribution < 1.29 is 22.4 Å².